The van der Waals surface area contributed by atoms with Gasteiger partial charge in [0.05, 0.1) is 0 Å². The summed E-state index contributed by atoms with van der Waals surface area (Å²) >= 11 is 5.06. The van der Waals surface area contributed by atoms with Crippen LogP contribution >= 0.6 is 12.2 Å². The van der Waals surface area contributed by atoms with E-state index < -0.39 is 0 Å². The molecule has 3 N–H and O–H groups in total. The van der Waals surface area contributed by atoms with Crippen molar-refractivity contribution in [2.24, 2.45) is 0 Å². The Morgan fingerprint density at radius 2 is 1.90 bits per heavy atom. The van der Waals surface area contributed by atoms with Crippen molar-refractivity contribution < 1.29 is 9.90 Å². The number of aryl methyl sites for hydroxylation is 1. The molecular weight excluding hydrogens is 272 g/mol. The second-order valence-corrected chi connectivity index (χ2v) is 4.74. The van der Waals surface area contributed by atoms with Crippen LogP contribution in [0.15, 0.2) is 48.5 Å². The number of carbonyl (C=O) groups is 1. The fourth-order valence-electron chi connectivity index (χ4n) is 1.71. The quantitative estimate of drug-likeness (QED) is 0.743. The van der Waals surface area contributed by atoms with Gasteiger partial charge in [0.15, 0.2) is 5.11 Å². The Balaban J connectivity index is 1.99. The van der Waals surface area contributed by atoms with E-state index in [0.717, 1.165) is 5.56 Å². The summed E-state index contributed by atoms with van der Waals surface area (Å²) in [7, 11) is 0. The van der Waals surface area contributed by atoms with Crippen molar-refractivity contribution >= 4 is 28.9 Å². The third-order valence-electron chi connectivity index (χ3n) is 2.61. The van der Waals surface area contributed by atoms with Gasteiger partial charge in [-0.2, -0.15) is 0 Å². The van der Waals surface area contributed by atoms with Gasteiger partial charge in [-0.05, 0) is 43.4 Å². The average molecular weight is 286 g/mol. The number of carbonyl (C=O) groups excluding carboxylic acids is 1. The molecule has 0 aliphatic heterocycles. The molecule has 0 heterocycles. The van der Waals surface area contributed by atoms with Crippen LogP contribution in [0.5, 0.6) is 5.75 Å². The number of rotatable bonds is 2. The van der Waals surface area contributed by atoms with Crippen LogP contribution in [-0.2, 0) is 0 Å². The predicted octanol–water partition coefficient (Wildman–Crippen LogP) is 2.83. The molecule has 20 heavy (non-hydrogen) atoms. The van der Waals surface area contributed by atoms with Crippen molar-refractivity contribution in [3.63, 3.8) is 0 Å². The first kappa shape index (κ1) is 14.0. The summed E-state index contributed by atoms with van der Waals surface area (Å²) in [6.07, 6.45) is 0. The van der Waals surface area contributed by atoms with Crippen molar-refractivity contribution in [2.45, 2.75) is 6.92 Å². The first-order valence-electron chi connectivity index (χ1n) is 6.02. The summed E-state index contributed by atoms with van der Waals surface area (Å²) in [5.41, 5.74) is 2.16. The van der Waals surface area contributed by atoms with E-state index in [1.807, 2.05) is 19.1 Å². The Morgan fingerprint density at radius 1 is 1.15 bits per heavy atom. The maximum absolute atomic E-state index is 12.0. The molecule has 0 saturated heterocycles. The van der Waals surface area contributed by atoms with E-state index >= 15 is 0 Å². The van der Waals surface area contributed by atoms with Gasteiger partial charge in [-0.1, -0.05) is 23.8 Å². The van der Waals surface area contributed by atoms with Crippen molar-refractivity contribution in [1.29, 1.82) is 0 Å². The van der Waals surface area contributed by atoms with Gasteiger partial charge >= 0.3 is 0 Å². The molecule has 4 nitrogen and oxygen atoms in total. The molecule has 0 fully saturated rings. The highest BCUT2D eigenvalue weighted by Gasteiger charge is 2.08. The van der Waals surface area contributed by atoms with Gasteiger partial charge in [0.2, 0.25) is 0 Å². The van der Waals surface area contributed by atoms with Crippen molar-refractivity contribution in [3.05, 3.63) is 59.7 Å². The number of amides is 1. The van der Waals surface area contributed by atoms with E-state index in [4.69, 9.17) is 12.2 Å². The number of phenolic OH excluding ortho intramolecular Hbond substituents is 1. The third kappa shape index (κ3) is 3.80. The molecule has 2 aromatic rings. The molecular formula is C15H14N2O2S. The number of hydrogen-bond acceptors (Lipinski definition) is 3. The molecule has 1 amide bonds. The number of anilines is 1. The first-order chi connectivity index (χ1) is 9.54. The van der Waals surface area contributed by atoms with Gasteiger partial charge < -0.3 is 10.4 Å². The van der Waals surface area contributed by atoms with Crippen LogP contribution in [0.3, 0.4) is 0 Å². The van der Waals surface area contributed by atoms with Crippen LogP contribution in [0.4, 0.5) is 5.69 Å². The highest BCUT2D eigenvalue weighted by Crippen LogP contribution is 2.15. The zero-order valence-electron chi connectivity index (χ0n) is 10.9. The largest absolute Gasteiger partial charge is 0.508 e. The Kier molecular flexibility index (Phi) is 4.32. The molecule has 0 aliphatic rings. The number of thiocarbonyl (C=S) groups is 1. The number of benzene rings is 2. The molecule has 0 aliphatic carbocycles. The molecule has 0 saturated carbocycles. The van der Waals surface area contributed by atoms with Gasteiger partial charge in [0.1, 0.15) is 5.75 Å². The van der Waals surface area contributed by atoms with Gasteiger partial charge in [0.25, 0.3) is 5.91 Å². The minimum absolute atomic E-state index is 0.128. The van der Waals surface area contributed by atoms with Crippen molar-refractivity contribution in [2.75, 3.05) is 5.32 Å². The third-order valence-corrected chi connectivity index (χ3v) is 2.82. The lowest BCUT2D eigenvalue weighted by Crippen LogP contribution is -2.34. The van der Waals surface area contributed by atoms with Crippen LogP contribution in [-0.4, -0.2) is 16.1 Å². The van der Waals surface area contributed by atoms with Gasteiger partial charge in [-0.15, -0.1) is 0 Å². The Morgan fingerprint density at radius 3 is 2.60 bits per heavy atom. The van der Waals surface area contributed by atoms with E-state index in [9.17, 15) is 9.90 Å². The molecule has 0 spiro atoms. The minimum Gasteiger partial charge on any atom is -0.508 e. The summed E-state index contributed by atoms with van der Waals surface area (Å²) in [6, 6.07) is 13.7. The molecule has 0 unspecified atom stereocenters. The number of hydrogen-bond donors (Lipinski definition) is 3. The summed E-state index contributed by atoms with van der Waals surface area (Å²) < 4.78 is 0. The second kappa shape index (κ2) is 6.16. The monoisotopic (exact) mass is 286 g/mol. The maximum Gasteiger partial charge on any atom is 0.257 e. The smallest absolute Gasteiger partial charge is 0.257 e. The lowest BCUT2D eigenvalue weighted by Gasteiger charge is -2.10. The first-order valence-corrected chi connectivity index (χ1v) is 6.43. The fourth-order valence-corrected chi connectivity index (χ4v) is 1.92. The molecule has 102 valence electrons. The lowest BCUT2D eigenvalue weighted by atomic mass is 10.1. The summed E-state index contributed by atoms with van der Waals surface area (Å²) in [4.78, 5) is 12.0. The van der Waals surface area contributed by atoms with Crippen LogP contribution < -0.4 is 10.6 Å². The Bertz CT molecular complexity index is 656. The second-order valence-electron chi connectivity index (χ2n) is 4.33. The predicted molar refractivity (Wildman–Crippen MR) is 83.0 cm³/mol. The van der Waals surface area contributed by atoms with Crippen LogP contribution in [0.2, 0.25) is 0 Å². The van der Waals surface area contributed by atoms with Gasteiger partial charge in [-0.25, -0.2) is 0 Å². The maximum atomic E-state index is 12.0. The lowest BCUT2D eigenvalue weighted by molar-refractivity contribution is 0.0977. The SMILES string of the molecule is Cc1cccc(C(=O)NC(=S)Nc2cccc(O)c2)c1. The van der Waals surface area contributed by atoms with E-state index in [0.29, 0.717) is 11.3 Å². The van der Waals surface area contributed by atoms with E-state index in [1.54, 1.807) is 30.3 Å². The number of nitrogens with one attached hydrogen (secondary N) is 2. The van der Waals surface area contributed by atoms with E-state index in [-0.39, 0.29) is 16.8 Å². The van der Waals surface area contributed by atoms with Gasteiger partial charge in [-0.3, -0.25) is 10.1 Å². The average Bonchev–Trinajstić information content (AvgIpc) is 2.38. The molecule has 0 radical (unpaired) electrons. The number of phenols is 1. The fraction of sp³-hybridized carbons (Fsp3) is 0.0667. The van der Waals surface area contributed by atoms with Gasteiger partial charge in [0, 0.05) is 17.3 Å². The number of aromatic hydroxyl groups is 1. The topological polar surface area (TPSA) is 61.4 Å². The molecule has 0 aromatic heterocycles. The summed E-state index contributed by atoms with van der Waals surface area (Å²) in [6.45, 7) is 1.92. The van der Waals surface area contributed by atoms with E-state index in [2.05, 4.69) is 10.6 Å². The molecule has 0 atom stereocenters. The molecule has 2 aromatic carbocycles. The normalized spacial score (nSPS) is 9.85. The summed E-state index contributed by atoms with van der Waals surface area (Å²) in [5, 5.41) is 15.0. The highest BCUT2D eigenvalue weighted by atomic mass is 32.1. The minimum atomic E-state index is -0.272. The van der Waals surface area contributed by atoms with Crippen LogP contribution in [0.25, 0.3) is 0 Å². The van der Waals surface area contributed by atoms with E-state index in [1.165, 1.54) is 6.07 Å². The van der Waals surface area contributed by atoms with Crippen LogP contribution in [0, 0.1) is 6.92 Å². The highest BCUT2D eigenvalue weighted by molar-refractivity contribution is 7.80. The zero-order chi connectivity index (χ0) is 14.5. The van der Waals surface area contributed by atoms with Crippen molar-refractivity contribution in [1.82, 2.24) is 5.32 Å². The molecule has 2 rings (SSSR count). The summed E-state index contributed by atoms with van der Waals surface area (Å²) in [5.74, 6) is -0.144. The van der Waals surface area contributed by atoms with Crippen molar-refractivity contribution in [3.8, 4) is 5.75 Å². The van der Waals surface area contributed by atoms with Crippen LogP contribution in [0.1, 0.15) is 15.9 Å². The standard InChI is InChI=1S/C15H14N2O2S/c1-10-4-2-5-11(8-10)14(19)17-15(20)16-12-6-3-7-13(18)9-12/h2-9,18H,1H3,(H2,16,17,19,20). The zero-order valence-corrected chi connectivity index (χ0v) is 11.7. The molecule has 0 bridgehead atoms. The Labute approximate surface area is 122 Å². The Hall–Kier alpha value is -2.40. The molecule has 5 heteroatoms.